The largest absolute Gasteiger partial charge is 0.393 e. The normalized spacial score (nSPS) is 18.6. The van der Waals surface area contributed by atoms with Crippen LogP contribution in [0.15, 0.2) is 18.2 Å². The minimum atomic E-state index is -0.247. The van der Waals surface area contributed by atoms with Crippen LogP contribution in [0.4, 0.5) is 0 Å². The molecule has 0 saturated carbocycles. The molecular formula is C13H19NO. The van der Waals surface area contributed by atoms with E-state index in [1.165, 1.54) is 16.7 Å². The molecule has 82 valence electrons. The lowest BCUT2D eigenvalue weighted by Crippen LogP contribution is -2.27. The summed E-state index contributed by atoms with van der Waals surface area (Å²) in [7, 11) is 2.15. The van der Waals surface area contributed by atoms with E-state index < -0.39 is 0 Å². The number of likely N-dealkylation sites (N-methyl/N-ethyl adjacent to an activating group) is 1. The van der Waals surface area contributed by atoms with Crippen LogP contribution in [0.3, 0.4) is 0 Å². The van der Waals surface area contributed by atoms with Gasteiger partial charge in [-0.05, 0) is 43.5 Å². The van der Waals surface area contributed by atoms with Crippen molar-refractivity contribution in [3.8, 4) is 0 Å². The van der Waals surface area contributed by atoms with Gasteiger partial charge in [0.25, 0.3) is 0 Å². The van der Waals surface area contributed by atoms with Gasteiger partial charge in [-0.2, -0.15) is 0 Å². The van der Waals surface area contributed by atoms with Crippen LogP contribution in [0.5, 0.6) is 0 Å². The molecule has 1 aromatic rings. The number of hydrogen-bond donors (Lipinski definition) is 1. The second-order valence-electron chi connectivity index (χ2n) is 4.60. The Morgan fingerprint density at radius 1 is 1.47 bits per heavy atom. The highest BCUT2D eigenvalue weighted by atomic mass is 16.3. The van der Waals surface area contributed by atoms with E-state index in [2.05, 4.69) is 30.1 Å². The van der Waals surface area contributed by atoms with Crippen LogP contribution >= 0.6 is 0 Å². The quantitative estimate of drug-likeness (QED) is 0.792. The lowest BCUT2D eigenvalue weighted by molar-refractivity contribution is 0.194. The van der Waals surface area contributed by atoms with E-state index >= 15 is 0 Å². The summed E-state index contributed by atoms with van der Waals surface area (Å²) in [4.78, 5) is 2.34. The first-order chi connectivity index (χ1) is 7.16. The molecule has 1 aliphatic heterocycles. The van der Waals surface area contributed by atoms with E-state index in [0.717, 1.165) is 25.9 Å². The lowest BCUT2D eigenvalue weighted by Gasteiger charge is -2.27. The number of hydrogen-bond acceptors (Lipinski definition) is 2. The minimum absolute atomic E-state index is 0.247. The van der Waals surface area contributed by atoms with Gasteiger partial charge in [0.05, 0.1) is 6.10 Å². The molecule has 1 N–H and O–H groups in total. The van der Waals surface area contributed by atoms with Gasteiger partial charge < -0.3 is 10.0 Å². The Labute approximate surface area is 91.5 Å². The zero-order valence-electron chi connectivity index (χ0n) is 9.53. The summed E-state index contributed by atoms with van der Waals surface area (Å²) in [5.74, 6) is 0. The molecule has 2 nitrogen and oxygen atoms in total. The first-order valence-electron chi connectivity index (χ1n) is 5.63. The third-order valence-electron chi connectivity index (χ3n) is 3.08. The van der Waals surface area contributed by atoms with Gasteiger partial charge in [-0.1, -0.05) is 18.2 Å². The topological polar surface area (TPSA) is 23.5 Å². The van der Waals surface area contributed by atoms with Gasteiger partial charge >= 0.3 is 0 Å². The summed E-state index contributed by atoms with van der Waals surface area (Å²) in [6.07, 6.45) is 1.67. The number of aliphatic hydroxyl groups is 1. The molecule has 2 heteroatoms. The maximum Gasteiger partial charge on any atom is 0.0552 e. The number of fused-ring (bicyclic) bond motifs is 1. The molecule has 0 aliphatic carbocycles. The summed E-state index contributed by atoms with van der Waals surface area (Å²) >= 11 is 0. The zero-order chi connectivity index (χ0) is 10.8. The molecule has 1 aromatic carbocycles. The van der Waals surface area contributed by atoms with Crippen molar-refractivity contribution < 1.29 is 5.11 Å². The molecule has 0 saturated heterocycles. The standard InChI is InChI=1S/C13H19NO/c1-10(15)8-12-5-3-4-11-6-7-14(2)9-13(11)12/h3-5,10,15H,6-9H2,1-2H3. The molecule has 0 aromatic heterocycles. The molecule has 0 fully saturated rings. The SMILES string of the molecule is CC(O)Cc1cccc2c1CN(C)CC2. The summed E-state index contributed by atoms with van der Waals surface area (Å²) in [6.45, 7) is 4.02. The molecule has 15 heavy (non-hydrogen) atoms. The fourth-order valence-corrected chi connectivity index (χ4v) is 2.29. The van der Waals surface area contributed by atoms with Gasteiger partial charge in [-0.15, -0.1) is 0 Å². The molecule has 2 rings (SSSR count). The second-order valence-corrected chi connectivity index (χ2v) is 4.60. The van der Waals surface area contributed by atoms with Gasteiger partial charge in [-0.3, -0.25) is 0 Å². The minimum Gasteiger partial charge on any atom is -0.393 e. The third kappa shape index (κ3) is 2.39. The first kappa shape index (κ1) is 10.7. The Bertz CT molecular complexity index is 346. The van der Waals surface area contributed by atoms with Crippen molar-refractivity contribution in [2.24, 2.45) is 0 Å². The summed E-state index contributed by atoms with van der Waals surface area (Å²) in [5, 5.41) is 9.46. The number of nitrogens with zero attached hydrogens (tertiary/aromatic N) is 1. The van der Waals surface area contributed by atoms with Crippen LogP contribution in [-0.4, -0.2) is 29.7 Å². The maximum atomic E-state index is 9.46. The van der Waals surface area contributed by atoms with Gasteiger partial charge in [0.1, 0.15) is 0 Å². The Morgan fingerprint density at radius 3 is 3.00 bits per heavy atom. The highest BCUT2D eigenvalue weighted by Gasteiger charge is 2.16. The number of aliphatic hydroxyl groups excluding tert-OH is 1. The van der Waals surface area contributed by atoms with E-state index in [1.54, 1.807) is 0 Å². The molecule has 0 spiro atoms. The van der Waals surface area contributed by atoms with E-state index in [1.807, 2.05) is 6.92 Å². The Balaban J connectivity index is 2.31. The average Bonchev–Trinajstić information content (AvgIpc) is 2.18. The van der Waals surface area contributed by atoms with Crippen LogP contribution in [0.2, 0.25) is 0 Å². The molecule has 0 amide bonds. The van der Waals surface area contributed by atoms with E-state index in [9.17, 15) is 5.11 Å². The van der Waals surface area contributed by atoms with Crippen LogP contribution in [0.25, 0.3) is 0 Å². The zero-order valence-corrected chi connectivity index (χ0v) is 9.53. The van der Waals surface area contributed by atoms with Gasteiger partial charge in [0.15, 0.2) is 0 Å². The van der Waals surface area contributed by atoms with Crippen molar-refractivity contribution in [2.75, 3.05) is 13.6 Å². The Morgan fingerprint density at radius 2 is 2.27 bits per heavy atom. The van der Waals surface area contributed by atoms with E-state index in [4.69, 9.17) is 0 Å². The van der Waals surface area contributed by atoms with E-state index in [0.29, 0.717) is 0 Å². The van der Waals surface area contributed by atoms with Crippen molar-refractivity contribution in [3.63, 3.8) is 0 Å². The highest BCUT2D eigenvalue weighted by Crippen LogP contribution is 2.22. The van der Waals surface area contributed by atoms with Crippen molar-refractivity contribution in [3.05, 3.63) is 34.9 Å². The van der Waals surface area contributed by atoms with Crippen LogP contribution in [-0.2, 0) is 19.4 Å². The van der Waals surface area contributed by atoms with Crippen LogP contribution in [0, 0.1) is 0 Å². The van der Waals surface area contributed by atoms with Gasteiger partial charge in [0, 0.05) is 13.1 Å². The lowest BCUT2D eigenvalue weighted by atomic mass is 9.92. The van der Waals surface area contributed by atoms with Crippen LogP contribution < -0.4 is 0 Å². The fourth-order valence-electron chi connectivity index (χ4n) is 2.29. The van der Waals surface area contributed by atoms with Crippen molar-refractivity contribution in [1.29, 1.82) is 0 Å². The van der Waals surface area contributed by atoms with Crippen molar-refractivity contribution in [1.82, 2.24) is 4.90 Å². The third-order valence-corrected chi connectivity index (χ3v) is 3.08. The second kappa shape index (κ2) is 4.33. The molecule has 0 radical (unpaired) electrons. The molecule has 1 aliphatic rings. The van der Waals surface area contributed by atoms with Crippen molar-refractivity contribution in [2.45, 2.75) is 32.4 Å². The smallest absolute Gasteiger partial charge is 0.0552 e. The number of benzene rings is 1. The molecule has 1 heterocycles. The maximum absolute atomic E-state index is 9.46. The molecule has 1 unspecified atom stereocenters. The van der Waals surface area contributed by atoms with Crippen LogP contribution in [0.1, 0.15) is 23.6 Å². The first-order valence-corrected chi connectivity index (χ1v) is 5.63. The Kier molecular flexibility index (Phi) is 3.08. The summed E-state index contributed by atoms with van der Waals surface area (Å²) in [6, 6.07) is 6.47. The van der Waals surface area contributed by atoms with Gasteiger partial charge in [-0.25, -0.2) is 0 Å². The predicted molar refractivity (Wildman–Crippen MR) is 61.9 cm³/mol. The summed E-state index contributed by atoms with van der Waals surface area (Å²) in [5.41, 5.74) is 4.22. The van der Waals surface area contributed by atoms with E-state index in [-0.39, 0.29) is 6.10 Å². The van der Waals surface area contributed by atoms with Gasteiger partial charge in [0.2, 0.25) is 0 Å². The van der Waals surface area contributed by atoms with Crippen molar-refractivity contribution >= 4 is 0 Å². The molecule has 0 bridgehead atoms. The fraction of sp³-hybridized carbons (Fsp3) is 0.538. The highest BCUT2D eigenvalue weighted by molar-refractivity contribution is 5.37. The average molecular weight is 205 g/mol. The Hall–Kier alpha value is -0.860. The monoisotopic (exact) mass is 205 g/mol. The summed E-state index contributed by atoms with van der Waals surface area (Å²) < 4.78 is 0. The molecular weight excluding hydrogens is 186 g/mol. The molecule has 1 atom stereocenters. The number of rotatable bonds is 2. The predicted octanol–water partition coefficient (Wildman–Crippen LogP) is 1.60.